The Bertz CT molecular complexity index is 781. The summed E-state index contributed by atoms with van der Waals surface area (Å²) in [5, 5.41) is 16.7. The van der Waals surface area contributed by atoms with Crippen LogP contribution in [-0.2, 0) is 6.54 Å². The van der Waals surface area contributed by atoms with Crippen molar-refractivity contribution in [3.63, 3.8) is 0 Å². The smallest absolute Gasteiger partial charge is 0.337 e. The van der Waals surface area contributed by atoms with Crippen molar-refractivity contribution < 1.29 is 9.90 Å². The third-order valence-corrected chi connectivity index (χ3v) is 3.31. The zero-order valence-corrected chi connectivity index (χ0v) is 11.8. The number of anilines is 2. The number of para-hydroxylation sites is 1. The number of hydrogen-bond donors (Lipinski definition) is 2. The van der Waals surface area contributed by atoms with Gasteiger partial charge >= 0.3 is 5.97 Å². The summed E-state index contributed by atoms with van der Waals surface area (Å²) in [7, 11) is 0. The first-order valence-electron chi connectivity index (χ1n) is 6.89. The molecule has 0 aliphatic heterocycles. The van der Waals surface area contributed by atoms with Crippen molar-refractivity contribution in [3.8, 4) is 0 Å². The summed E-state index contributed by atoms with van der Waals surface area (Å²) < 4.78 is 1.80. The third-order valence-electron chi connectivity index (χ3n) is 3.31. The molecule has 0 fully saturated rings. The van der Waals surface area contributed by atoms with E-state index in [9.17, 15) is 9.90 Å². The van der Waals surface area contributed by atoms with Crippen LogP contribution in [0.15, 0.2) is 66.9 Å². The van der Waals surface area contributed by atoms with Crippen molar-refractivity contribution in [3.05, 3.63) is 78.0 Å². The van der Waals surface area contributed by atoms with E-state index in [1.165, 1.54) is 0 Å². The number of carbonyl (C=O) groups is 1. The topological polar surface area (TPSA) is 67.2 Å². The molecule has 0 bridgehead atoms. The van der Waals surface area contributed by atoms with Crippen molar-refractivity contribution >= 4 is 17.5 Å². The highest BCUT2D eigenvalue weighted by Crippen LogP contribution is 2.21. The molecule has 0 atom stereocenters. The van der Waals surface area contributed by atoms with Crippen LogP contribution in [0.25, 0.3) is 0 Å². The second-order valence-corrected chi connectivity index (χ2v) is 4.84. The monoisotopic (exact) mass is 293 g/mol. The van der Waals surface area contributed by atoms with Crippen molar-refractivity contribution in [2.45, 2.75) is 6.54 Å². The number of carboxylic acids is 1. The maximum atomic E-state index is 11.3. The SMILES string of the molecule is O=C(O)c1ccccc1Nc1ccnn1Cc1ccccc1. The molecule has 1 heterocycles. The van der Waals surface area contributed by atoms with Crippen molar-refractivity contribution in [1.29, 1.82) is 0 Å². The van der Waals surface area contributed by atoms with Gasteiger partial charge < -0.3 is 10.4 Å². The molecule has 0 saturated heterocycles. The van der Waals surface area contributed by atoms with Crippen molar-refractivity contribution in [2.75, 3.05) is 5.32 Å². The van der Waals surface area contributed by atoms with Crippen LogP contribution in [0.4, 0.5) is 11.5 Å². The molecule has 3 rings (SSSR count). The summed E-state index contributed by atoms with van der Waals surface area (Å²) in [6.07, 6.45) is 1.69. The molecule has 5 heteroatoms. The normalized spacial score (nSPS) is 10.4. The number of aromatic carboxylic acids is 1. The Kier molecular flexibility index (Phi) is 3.87. The molecule has 2 aromatic carbocycles. The Morgan fingerprint density at radius 2 is 1.77 bits per heavy atom. The molecular formula is C17H15N3O2. The van der Waals surface area contributed by atoms with Gasteiger partial charge in [-0.05, 0) is 17.7 Å². The zero-order chi connectivity index (χ0) is 15.4. The van der Waals surface area contributed by atoms with Crippen LogP contribution in [-0.4, -0.2) is 20.9 Å². The Morgan fingerprint density at radius 3 is 2.55 bits per heavy atom. The predicted octanol–water partition coefficient (Wildman–Crippen LogP) is 3.37. The lowest BCUT2D eigenvalue weighted by Gasteiger charge is -2.12. The maximum Gasteiger partial charge on any atom is 0.337 e. The lowest BCUT2D eigenvalue weighted by Crippen LogP contribution is -2.08. The first-order valence-corrected chi connectivity index (χ1v) is 6.89. The average Bonchev–Trinajstić information content (AvgIpc) is 2.96. The lowest BCUT2D eigenvalue weighted by molar-refractivity contribution is 0.0698. The van der Waals surface area contributed by atoms with E-state index in [4.69, 9.17) is 0 Å². The van der Waals surface area contributed by atoms with E-state index in [-0.39, 0.29) is 5.56 Å². The second-order valence-electron chi connectivity index (χ2n) is 4.84. The summed E-state index contributed by atoms with van der Waals surface area (Å²) in [6, 6.07) is 18.6. The summed E-state index contributed by atoms with van der Waals surface area (Å²) in [5.41, 5.74) is 1.90. The minimum atomic E-state index is -0.961. The quantitative estimate of drug-likeness (QED) is 0.757. The minimum Gasteiger partial charge on any atom is -0.478 e. The van der Waals surface area contributed by atoms with Gasteiger partial charge in [0.2, 0.25) is 0 Å². The van der Waals surface area contributed by atoms with E-state index in [0.717, 1.165) is 11.4 Å². The highest BCUT2D eigenvalue weighted by atomic mass is 16.4. The van der Waals surface area contributed by atoms with Crippen LogP contribution in [0.3, 0.4) is 0 Å². The van der Waals surface area contributed by atoms with Gasteiger partial charge in [-0.25, -0.2) is 9.48 Å². The first kappa shape index (κ1) is 13.9. The minimum absolute atomic E-state index is 0.231. The van der Waals surface area contributed by atoms with Crippen molar-refractivity contribution in [2.24, 2.45) is 0 Å². The van der Waals surface area contributed by atoms with E-state index in [1.54, 1.807) is 35.1 Å². The summed E-state index contributed by atoms with van der Waals surface area (Å²) >= 11 is 0. The lowest BCUT2D eigenvalue weighted by atomic mass is 10.2. The molecule has 2 N–H and O–H groups in total. The van der Waals surface area contributed by atoms with Gasteiger partial charge in [-0.1, -0.05) is 42.5 Å². The van der Waals surface area contributed by atoms with E-state index >= 15 is 0 Å². The van der Waals surface area contributed by atoms with Gasteiger partial charge in [0.05, 0.1) is 24.0 Å². The predicted molar refractivity (Wildman–Crippen MR) is 84.5 cm³/mol. The number of rotatable bonds is 5. The molecule has 0 aliphatic rings. The highest BCUT2D eigenvalue weighted by molar-refractivity contribution is 5.94. The largest absolute Gasteiger partial charge is 0.478 e. The van der Waals surface area contributed by atoms with Crippen LogP contribution in [0.2, 0.25) is 0 Å². The van der Waals surface area contributed by atoms with Crippen LogP contribution in [0, 0.1) is 0 Å². The van der Waals surface area contributed by atoms with Crippen LogP contribution in [0.5, 0.6) is 0 Å². The fourth-order valence-electron chi connectivity index (χ4n) is 2.24. The van der Waals surface area contributed by atoms with Gasteiger partial charge in [-0.2, -0.15) is 5.10 Å². The van der Waals surface area contributed by atoms with E-state index < -0.39 is 5.97 Å². The molecule has 0 saturated carbocycles. The summed E-state index contributed by atoms with van der Waals surface area (Å²) in [4.78, 5) is 11.3. The molecule has 110 valence electrons. The van der Waals surface area contributed by atoms with E-state index in [0.29, 0.717) is 12.2 Å². The second kappa shape index (κ2) is 6.13. The van der Waals surface area contributed by atoms with E-state index in [2.05, 4.69) is 10.4 Å². The molecule has 0 radical (unpaired) electrons. The molecule has 3 aromatic rings. The standard InChI is InChI=1S/C17H15N3O2/c21-17(22)14-8-4-5-9-15(14)19-16-10-11-18-20(16)12-13-6-2-1-3-7-13/h1-11,19H,12H2,(H,21,22). The summed E-state index contributed by atoms with van der Waals surface area (Å²) in [6.45, 7) is 0.616. The number of carboxylic acid groups (broad SMARTS) is 1. The molecule has 22 heavy (non-hydrogen) atoms. The number of aromatic nitrogens is 2. The van der Waals surface area contributed by atoms with Crippen LogP contribution < -0.4 is 5.32 Å². The summed E-state index contributed by atoms with van der Waals surface area (Å²) in [5.74, 6) is -0.213. The molecule has 5 nitrogen and oxygen atoms in total. The van der Waals surface area contributed by atoms with Gasteiger partial charge in [0, 0.05) is 6.07 Å². The molecule has 1 aromatic heterocycles. The van der Waals surface area contributed by atoms with Gasteiger partial charge in [-0.15, -0.1) is 0 Å². The fourth-order valence-corrected chi connectivity index (χ4v) is 2.24. The van der Waals surface area contributed by atoms with Gasteiger partial charge in [0.1, 0.15) is 5.82 Å². The molecule has 0 spiro atoms. The first-order chi connectivity index (χ1) is 10.7. The van der Waals surface area contributed by atoms with Crippen molar-refractivity contribution in [1.82, 2.24) is 9.78 Å². The number of nitrogens with one attached hydrogen (secondary N) is 1. The molecular weight excluding hydrogens is 278 g/mol. The highest BCUT2D eigenvalue weighted by Gasteiger charge is 2.11. The molecule has 0 aliphatic carbocycles. The molecule has 0 unspecified atom stereocenters. The van der Waals surface area contributed by atoms with Gasteiger partial charge in [-0.3, -0.25) is 0 Å². The molecule has 0 amide bonds. The van der Waals surface area contributed by atoms with Crippen LogP contribution >= 0.6 is 0 Å². The Hall–Kier alpha value is -3.08. The van der Waals surface area contributed by atoms with Gasteiger partial charge in [0.25, 0.3) is 0 Å². The van der Waals surface area contributed by atoms with E-state index in [1.807, 2.05) is 36.4 Å². The third kappa shape index (κ3) is 2.98. The Morgan fingerprint density at radius 1 is 1.05 bits per heavy atom. The average molecular weight is 293 g/mol. The van der Waals surface area contributed by atoms with Crippen LogP contribution in [0.1, 0.15) is 15.9 Å². The Labute approximate surface area is 127 Å². The number of nitrogens with zero attached hydrogens (tertiary/aromatic N) is 2. The fraction of sp³-hybridized carbons (Fsp3) is 0.0588. The van der Waals surface area contributed by atoms with Gasteiger partial charge in [0.15, 0.2) is 0 Å². The Balaban J connectivity index is 1.86. The maximum absolute atomic E-state index is 11.3. The number of benzene rings is 2. The zero-order valence-electron chi connectivity index (χ0n) is 11.8. The number of hydrogen-bond acceptors (Lipinski definition) is 3.